The molecule has 2 aromatic heterocycles. The van der Waals surface area contributed by atoms with Crippen LogP contribution in [0.4, 0.5) is 10.1 Å². The summed E-state index contributed by atoms with van der Waals surface area (Å²) in [7, 11) is 0. The number of hydrogen-bond donors (Lipinski definition) is 3. The number of rotatable bonds is 6. The number of benzene rings is 2. The van der Waals surface area contributed by atoms with Crippen LogP contribution in [-0.2, 0) is 11.2 Å². The molecule has 0 aliphatic carbocycles. The number of carboxylic acid groups (broad SMARTS) is 1. The predicted molar refractivity (Wildman–Crippen MR) is 128 cm³/mol. The van der Waals surface area contributed by atoms with Crippen LogP contribution in [0.2, 0.25) is 0 Å². The van der Waals surface area contributed by atoms with Crippen LogP contribution in [0, 0.1) is 5.82 Å². The lowest BCUT2D eigenvalue weighted by molar-refractivity contribution is -0.119. The lowest BCUT2D eigenvalue weighted by atomic mass is 10.1. The van der Waals surface area contributed by atoms with E-state index in [-0.39, 0.29) is 28.1 Å². The highest BCUT2D eigenvalue weighted by Gasteiger charge is 2.15. The van der Waals surface area contributed by atoms with Crippen LogP contribution in [-0.4, -0.2) is 27.1 Å². The Morgan fingerprint density at radius 2 is 1.88 bits per heavy atom. The van der Waals surface area contributed by atoms with E-state index in [2.05, 4.69) is 15.6 Å². The maximum Gasteiger partial charge on any atom is 0.345 e. The van der Waals surface area contributed by atoms with E-state index in [9.17, 15) is 19.1 Å². The third-order valence-electron chi connectivity index (χ3n) is 4.46. The van der Waals surface area contributed by atoms with Crippen molar-refractivity contribution in [3.8, 4) is 11.5 Å². The second-order valence-corrected chi connectivity index (χ2v) is 8.31. The normalized spacial score (nSPS) is 10.6. The van der Waals surface area contributed by atoms with Crippen molar-refractivity contribution in [2.75, 3.05) is 5.32 Å². The molecule has 0 atom stereocenters. The topological polar surface area (TPSA) is 101 Å². The monoisotopic (exact) mass is 481 g/mol. The van der Waals surface area contributed by atoms with Gasteiger partial charge in [0.15, 0.2) is 16.7 Å². The maximum absolute atomic E-state index is 14.7. The van der Waals surface area contributed by atoms with Gasteiger partial charge >= 0.3 is 5.97 Å². The number of fused-ring (bicyclic) bond motifs is 1. The van der Waals surface area contributed by atoms with Crippen molar-refractivity contribution in [3.63, 3.8) is 0 Å². The van der Waals surface area contributed by atoms with Crippen LogP contribution in [0.25, 0.3) is 10.2 Å². The molecule has 1 amide bonds. The Kier molecular flexibility index (Phi) is 6.57. The number of thiophene rings is 1. The minimum Gasteiger partial charge on any atom is -0.477 e. The van der Waals surface area contributed by atoms with Crippen molar-refractivity contribution in [1.29, 1.82) is 0 Å². The summed E-state index contributed by atoms with van der Waals surface area (Å²) in [6.07, 6.45) is 1.62. The van der Waals surface area contributed by atoms with Gasteiger partial charge in [-0.15, -0.1) is 11.3 Å². The van der Waals surface area contributed by atoms with Gasteiger partial charge in [-0.2, -0.15) is 0 Å². The van der Waals surface area contributed by atoms with Gasteiger partial charge in [0.25, 0.3) is 0 Å². The summed E-state index contributed by atoms with van der Waals surface area (Å²) in [6, 6.07) is 16.3. The molecule has 0 aliphatic rings. The van der Waals surface area contributed by atoms with E-state index in [0.29, 0.717) is 21.7 Å². The van der Waals surface area contributed by atoms with E-state index in [4.69, 9.17) is 17.0 Å². The van der Waals surface area contributed by atoms with Crippen LogP contribution >= 0.6 is 23.6 Å². The molecule has 0 fully saturated rings. The number of pyridine rings is 1. The Morgan fingerprint density at radius 3 is 2.61 bits per heavy atom. The Hall–Kier alpha value is -3.89. The number of nitrogens with zero attached hydrogens (tertiary/aromatic N) is 1. The number of carboxylic acids is 1. The summed E-state index contributed by atoms with van der Waals surface area (Å²) in [5.41, 5.74) is 1.62. The van der Waals surface area contributed by atoms with E-state index in [1.807, 2.05) is 30.3 Å². The Bertz CT molecular complexity index is 1360. The van der Waals surface area contributed by atoms with Crippen molar-refractivity contribution in [2.45, 2.75) is 6.42 Å². The lowest BCUT2D eigenvalue weighted by Gasteiger charge is -2.12. The molecule has 4 rings (SSSR count). The molecule has 0 radical (unpaired) electrons. The van der Waals surface area contributed by atoms with E-state index >= 15 is 0 Å². The zero-order valence-corrected chi connectivity index (χ0v) is 18.5. The molecule has 166 valence electrons. The largest absolute Gasteiger partial charge is 0.477 e. The van der Waals surface area contributed by atoms with Gasteiger partial charge in [0.1, 0.15) is 10.6 Å². The number of thiocarbonyl (C=S) groups is 1. The highest BCUT2D eigenvalue weighted by Crippen LogP contribution is 2.36. The van der Waals surface area contributed by atoms with E-state index in [1.165, 1.54) is 30.5 Å². The molecule has 7 nitrogen and oxygen atoms in total. The standard InChI is InChI=1S/C23H16FN3O4S2/c24-15-11-14(26-23(32)27-20(28)10-13-4-2-1-3-5-13)6-7-17(15)31-18-8-9-25-16-12-19(22(29)30)33-21(16)18/h1-9,11-12H,10H2,(H,29,30)(H2,26,27,28,32). The van der Waals surface area contributed by atoms with Crippen LogP contribution in [0.15, 0.2) is 66.9 Å². The Labute approximate surface area is 196 Å². The van der Waals surface area contributed by atoms with Gasteiger partial charge in [-0.05, 0) is 36.0 Å². The number of anilines is 1. The summed E-state index contributed by atoms with van der Waals surface area (Å²) < 4.78 is 20.8. The number of hydrogen-bond acceptors (Lipinski definition) is 6. The molecule has 4 aromatic rings. The zero-order valence-electron chi connectivity index (χ0n) is 16.9. The Balaban J connectivity index is 1.42. The molecule has 0 bridgehead atoms. The quantitative estimate of drug-likeness (QED) is 0.334. The molecule has 3 N–H and O–H groups in total. The summed E-state index contributed by atoms with van der Waals surface area (Å²) in [6.45, 7) is 0. The summed E-state index contributed by atoms with van der Waals surface area (Å²) in [5, 5.41) is 14.5. The molecule has 0 saturated heterocycles. The van der Waals surface area contributed by atoms with Gasteiger partial charge in [0.05, 0.1) is 16.6 Å². The van der Waals surface area contributed by atoms with Crippen molar-refractivity contribution >= 4 is 56.4 Å². The second-order valence-electron chi connectivity index (χ2n) is 6.85. The minimum atomic E-state index is -1.07. The van der Waals surface area contributed by atoms with Crippen molar-refractivity contribution in [1.82, 2.24) is 10.3 Å². The summed E-state index contributed by atoms with van der Waals surface area (Å²) in [4.78, 5) is 27.6. The number of aromatic nitrogens is 1. The number of ether oxygens (including phenoxy) is 1. The average Bonchev–Trinajstić information content (AvgIpc) is 3.22. The maximum atomic E-state index is 14.7. The van der Waals surface area contributed by atoms with E-state index < -0.39 is 11.8 Å². The van der Waals surface area contributed by atoms with E-state index in [0.717, 1.165) is 16.9 Å². The van der Waals surface area contributed by atoms with Crippen molar-refractivity contribution < 1.29 is 23.8 Å². The Morgan fingerprint density at radius 1 is 1.09 bits per heavy atom. The number of carbonyl (C=O) groups is 2. The first-order chi connectivity index (χ1) is 15.9. The third-order valence-corrected chi connectivity index (χ3v) is 5.79. The highest BCUT2D eigenvalue weighted by atomic mass is 32.1. The zero-order chi connectivity index (χ0) is 23.4. The van der Waals surface area contributed by atoms with Crippen LogP contribution in [0.3, 0.4) is 0 Å². The van der Waals surface area contributed by atoms with Crippen LogP contribution in [0.5, 0.6) is 11.5 Å². The highest BCUT2D eigenvalue weighted by molar-refractivity contribution is 7.80. The fourth-order valence-electron chi connectivity index (χ4n) is 2.99. The number of amides is 1. The summed E-state index contributed by atoms with van der Waals surface area (Å²) in [5.74, 6) is -1.80. The average molecular weight is 482 g/mol. The van der Waals surface area contributed by atoms with Crippen molar-refractivity contribution in [3.05, 3.63) is 83.1 Å². The fourth-order valence-corrected chi connectivity index (χ4v) is 4.13. The molecular formula is C23H16FN3O4S2. The molecule has 0 unspecified atom stereocenters. The number of aromatic carboxylic acids is 1. The van der Waals surface area contributed by atoms with E-state index in [1.54, 1.807) is 6.07 Å². The molecule has 0 aliphatic heterocycles. The predicted octanol–water partition coefficient (Wildman–Crippen LogP) is 4.98. The van der Waals surface area contributed by atoms with Gasteiger partial charge in [0.2, 0.25) is 5.91 Å². The van der Waals surface area contributed by atoms with Crippen LogP contribution < -0.4 is 15.4 Å². The molecule has 0 spiro atoms. The minimum absolute atomic E-state index is 0.0413. The molecular weight excluding hydrogens is 465 g/mol. The first-order valence-electron chi connectivity index (χ1n) is 9.63. The molecule has 10 heteroatoms. The SMILES string of the molecule is O=C(Cc1ccccc1)NC(=S)Nc1ccc(Oc2ccnc3cc(C(=O)O)sc23)c(F)c1. The van der Waals surface area contributed by atoms with Gasteiger partial charge < -0.3 is 20.5 Å². The number of halogens is 1. The van der Waals surface area contributed by atoms with Crippen molar-refractivity contribution in [2.24, 2.45) is 0 Å². The van der Waals surface area contributed by atoms with Gasteiger partial charge in [-0.3, -0.25) is 9.78 Å². The van der Waals surface area contributed by atoms with Gasteiger partial charge in [0, 0.05) is 24.0 Å². The molecule has 0 saturated carbocycles. The fraction of sp³-hybridized carbons (Fsp3) is 0.0435. The molecule has 2 aromatic carbocycles. The first-order valence-corrected chi connectivity index (χ1v) is 10.9. The van der Waals surface area contributed by atoms with Gasteiger partial charge in [-0.25, -0.2) is 9.18 Å². The first kappa shape index (κ1) is 22.3. The second kappa shape index (κ2) is 9.72. The smallest absolute Gasteiger partial charge is 0.345 e. The van der Waals surface area contributed by atoms with Gasteiger partial charge in [-0.1, -0.05) is 30.3 Å². The molecule has 2 heterocycles. The summed E-state index contributed by atoms with van der Waals surface area (Å²) >= 11 is 6.13. The van der Waals surface area contributed by atoms with Crippen LogP contribution in [0.1, 0.15) is 15.2 Å². The third kappa shape index (κ3) is 5.48. The molecule has 33 heavy (non-hydrogen) atoms. The number of carbonyl (C=O) groups excluding carboxylic acids is 1. The number of nitrogens with one attached hydrogen (secondary N) is 2. The lowest BCUT2D eigenvalue weighted by Crippen LogP contribution is -2.35.